The van der Waals surface area contributed by atoms with E-state index in [4.69, 9.17) is 24.7 Å². The fourth-order valence-electron chi connectivity index (χ4n) is 3.87. The molecule has 8 heteroatoms. The Morgan fingerprint density at radius 2 is 1.81 bits per heavy atom. The van der Waals surface area contributed by atoms with Crippen LogP contribution in [0, 0.1) is 17.2 Å². The first-order valence-electron chi connectivity index (χ1n) is 11.3. The Morgan fingerprint density at radius 1 is 1.08 bits per heavy atom. The number of carbonyl (C=O) groups is 1. The Bertz CT molecular complexity index is 1360. The molecule has 0 radical (unpaired) electrons. The summed E-state index contributed by atoms with van der Waals surface area (Å²) in [6.45, 7) is 4.73. The van der Waals surface area contributed by atoms with Crippen molar-refractivity contribution in [2.24, 2.45) is 11.7 Å². The maximum atomic E-state index is 12.7. The maximum absolute atomic E-state index is 12.7. The molecule has 0 amide bonds. The Hall–Kier alpha value is -3.96. The van der Waals surface area contributed by atoms with Crippen molar-refractivity contribution < 1.29 is 23.7 Å². The molecule has 0 saturated heterocycles. The molecule has 3 aromatic carbocycles. The lowest BCUT2D eigenvalue weighted by atomic mass is 9.83. The highest BCUT2D eigenvalue weighted by molar-refractivity contribution is 9.10. The molecule has 1 aliphatic heterocycles. The lowest BCUT2D eigenvalue weighted by Gasteiger charge is -2.27. The minimum atomic E-state index is -0.521. The monoisotopic (exact) mass is 548 g/mol. The zero-order chi connectivity index (χ0) is 25.8. The van der Waals surface area contributed by atoms with Crippen molar-refractivity contribution in [3.05, 3.63) is 93.3 Å². The number of rotatable bonds is 7. The van der Waals surface area contributed by atoms with Gasteiger partial charge in [0.1, 0.15) is 34.6 Å². The second kappa shape index (κ2) is 10.8. The first-order chi connectivity index (χ1) is 17.3. The number of allylic oxidation sites excluding steroid dienone is 1. The number of hydrogen-bond acceptors (Lipinski definition) is 7. The maximum Gasteiger partial charge on any atom is 0.343 e. The summed E-state index contributed by atoms with van der Waals surface area (Å²) in [5, 5.41) is 9.83. The Kier molecular flexibility index (Phi) is 7.51. The SMILES string of the molecule is COc1ccc(Br)cc1C1C(C#N)=C(N)Oc2cc(OC(=O)c3ccc(OCC(C)C)cc3)ccc21. The molecular weight excluding hydrogens is 524 g/mol. The van der Waals surface area contributed by atoms with Crippen LogP contribution in [-0.4, -0.2) is 19.7 Å². The van der Waals surface area contributed by atoms with Gasteiger partial charge in [-0.05, 0) is 54.4 Å². The zero-order valence-corrected chi connectivity index (χ0v) is 21.7. The van der Waals surface area contributed by atoms with Crippen LogP contribution in [0.5, 0.6) is 23.0 Å². The number of ether oxygens (including phenoxy) is 4. The molecule has 0 aliphatic carbocycles. The number of nitrogens with two attached hydrogens (primary N) is 1. The van der Waals surface area contributed by atoms with Gasteiger partial charge in [-0.25, -0.2) is 4.79 Å². The molecule has 184 valence electrons. The van der Waals surface area contributed by atoms with Gasteiger partial charge in [-0.15, -0.1) is 0 Å². The van der Waals surface area contributed by atoms with E-state index in [1.165, 1.54) is 0 Å². The Labute approximate surface area is 218 Å². The van der Waals surface area contributed by atoms with Crippen molar-refractivity contribution in [1.82, 2.24) is 0 Å². The molecule has 0 fully saturated rings. The molecular formula is C28H25BrN2O5. The second-order valence-corrected chi connectivity index (χ2v) is 9.55. The predicted molar refractivity (Wildman–Crippen MR) is 138 cm³/mol. The number of carbonyl (C=O) groups excluding carboxylic acids is 1. The average Bonchev–Trinajstić information content (AvgIpc) is 2.86. The van der Waals surface area contributed by atoms with E-state index < -0.39 is 11.9 Å². The molecule has 4 rings (SSSR count). The van der Waals surface area contributed by atoms with Crippen LogP contribution in [0.4, 0.5) is 0 Å². The van der Waals surface area contributed by atoms with Crippen LogP contribution in [0.25, 0.3) is 0 Å². The van der Waals surface area contributed by atoms with Crippen molar-refractivity contribution in [1.29, 1.82) is 5.26 Å². The molecule has 1 aliphatic rings. The van der Waals surface area contributed by atoms with Gasteiger partial charge in [0.15, 0.2) is 0 Å². The van der Waals surface area contributed by atoms with Crippen molar-refractivity contribution >= 4 is 21.9 Å². The molecule has 7 nitrogen and oxygen atoms in total. The van der Waals surface area contributed by atoms with Gasteiger partial charge in [0.2, 0.25) is 5.88 Å². The number of fused-ring (bicyclic) bond motifs is 1. The molecule has 0 bridgehead atoms. The van der Waals surface area contributed by atoms with Gasteiger partial charge in [0.05, 0.1) is 25.2 Å². The van der Waals surface area contributed by atoms with Crippen molar-refractivity contribution in [3.8, 4) is 29.1 Å². The molecule has 1 heterocycles. The summed E-state index contributed by atoms with van der Waals surface area (Å²) in [5.41, 5.74) is 8.22. The van der Waals surface area contributed by atoms with Gasteiger partial charge in [0.25, 0.3) is 0 Å². The quantitative estimate of drug-likeness (QED) is 0.288. The van der Waals surface area contributed by atoms with Crippen LogP contribution in [0.15, 0.2) is 76.6 Å². The average molecular weight is 549 g/mol. The van der Waals surface area contributed by atoms with Crippen LogP contribution in [0.1, 0.15) is 41.3 Å². The Morgan fingerprint density at radius 3 is 2.47 bits per heavy atom. The summed E-state index contributed by atoms with van der Waals surface area (Å²) in [6.07, 6.45) is 0. The minimum absolute atomic E-state index is 0.0162. The van der Waals surface area contributed by atoms with Crippen LogP contribution in [-0.2, 0) is 0 Å². The molecule has 0 spiro atoms. The molecule has 1 unspecified atom stereocenters. The fraction of sp³-hybridized carbons (Fsp3) is 0.214. The third-order valence-corrected chi connectivity index (χ3v) is 6.07. The van der Waals surface area contributed by atoms with Crippen LogP contribution in [0.3, 0.4) is 0 Å². The highest BCUT2D eigenvalue weighted by Crippen LogP contribution is 2.46. The van der Waals surface area contributed by atoms with Gasteiger partial charge in [-0.3, -0.25) is 0 Å². The lowest BCUT2D eigenvalue weighted by Crippen LogP contribution is -2.21. The number of hydrogen-bond donors (Lipinski definition) is 1. The van der Waals surface area contributed by atoms with Crippen molar-refractivity contribution in [2.75, 3.05) is 13.7 Å². The van der Waals surface area contributed by atoms with Crippen LogP contribution < -0.4 is 24.7 Å². The minimum Gasteiger partial charge on any atom is -0.496 e. The number of esters is 1. The lowest BCUT2D eigenvalue weighted by molar-refractivity contribution is 0.0734. The summed E-state index contributed by atoms with van der Waals surface area (Å²) in [5.74, 6) is 1.31. The number of methoxy groups -OCH3 is 1. The standard InChI is InChI=1S/C28H25BrN2O5/c1-16(2)15-34-19-7-4-17(5-8-19)28(32)35-20-9-10-21-25(13-20)36-27(31)23(14-30)26(21)22-12-18(29)6-11-24(22)33-3/h4-13,16,26H,15,31H2,1-3H3. The van der Waals surface area contributed by atoms with E-state index in [1.807, 2.05) is 18.2 Å². The third kappa shape index (κ3) is 5.31. The van der Waals surface area contributed by atoms with E-state index in [1.54, 1.807) is 49.6 Å². The summed E-state index contributed by atoms with van der Waals surface area (Å²) < 4.78 is 23.4. The van der Waals surface area contributed by atoms with Crippen LogP contribution in [0.2, 0.25) is 0 Å². The van der Waals surface area contributed by atoms with Gasteiger partial charge in [-0.2, -0.15) is 5.26 Å². The van der Waals surface area contributed by atoms with Crippen LogP contribution >= 0.6 is 15.9 Å². The summed E-state index contributed by atoms with van der Waals surface area (Å²) >= 11 is 3.49. The van der Waals surface area contributed by atoms with Gasteiger partial charge in [-0.1, -0.05) is 35.8 Å². The van der Waals surface area contributed by atoms with Gasteiger partial charge in [0, 0.05) is 21.7 Å². The third-order valence-electron chi connectivity index (χ3n) is 5.58. The first-order valence-corrected chi connectivity index (χ1v) is 12.1. The molecule has 0 saturated carbocycles. The Balaban J connectivity index is 1.61. The number of nitrogens with zero attached hydrogens (tertiary/aromatic N) is 1. The second-order valence-electron chi connectivity index (χ2n) is 8.63. The first kappa shape index (κ1) is 25.1. The number of halogens is 1. The summed E-state index contributed by atoms with van der Waals surface area (Å²) in [7, 11) is 1.57. The van der Waals surface area contributed by atoms with E-state index in [-0.39, 0.29) is 17.2 Å². The van der Waals surface area contributed by atoms with Crippen molar-refractivity contribution in [3.63, 3.8) is 0 Å². The highest BCUT2D eigenvalue weighted by Gasteiger charge is 2.33. The summed E-state index contributed by atoms with van der Waals surface area (Å²) in [4.78, 5) is 12.7. The number of nitriles is 1. The molecule has 3 aromatic rings. The molecule has 0 aromatic heterocycles. The van der Waals surface area contributed by atoms with Crippen molar-refractivity contribution in [2.45, 2.75) is 19.8 Å². The normalized spacial score (nSPS) is 14.5. The van der Waals surface area contributed by atoms with E-state index in [2.05, 4.69) is 35.8 Å². The molecule has 1 atom stereocenters. The molecule has 2 N–H and O–H groups in total. The molecule has 36 heavy (non-hydrogen) atoms. The smallest absolute Gasteiger partial charge is 0.343 e. The highest BCUT2D eigenvalue weighted by atomic mass is 79.9. The fourth-order valence-corrected chi connectivity index (χ4v) is 4.24. The van der Waals surface area contributed by atoms with E-state index in [9.17, 15) is 10.1 Å². The summed E-state index contributed by atoms with van der Waals surface area (Å²) in [6, 6.07) is 19.5. The predicted octanol–water partition coefficient (Wildman–Crippen LogP) is 5.93. The van der Waals surface area contributed by atoms with Gasteiger partial charge < -0.3 is 24.7 Å². The topological polar surface area (TPSA) is 104 Å². The van der Waals surface area contributed by atoms with E-state index in [0.717, 1.165) is 10.0 Å². The largest absolute Gasteiger partial charge is 0.496 e. The number of benzene rings is 3. The van der Waals surface area contributed by atoms with E-state index in [0.29, 0.717) is 40.9 Å². The van der Waals surface area contributed by atoms with E-state index >= 15 is 0 Å². The van der Waals surface area contributed by atoms with Gasteiger partial charge >= 0.3 is 5.97 Å². The zero-order valence-electron chi connectivity index (χ0n) is 20.1.